The summed E-state index contributed by atoms with van der Waals surface area (Å²) >= 11 is 8.04. The maximum atomic E-state index is 12.8. The van der Waals surface area contributed by atoms with Crippen molar-refractivity contribution in [3.8, 4) is 5.75 Å². The van der Waals surface area contributed by atoms with Gasteiger partial charge in [0, 0.05) is 11.5 Å². The minimum atomic E-state index is -1.24. The molecule has 0 aliphatic carbocycles. The number of amides is 3. The Bertz CT molecular complexity index is 821. The van der Waals surface area contributed by atoms with Crippen LogP contribution in [0.4, 0.5) is 0 Å². The number of hydrogen-bond acceptors (Lipinski definition) is 8. The third-order valence-electron chi connectivity index (χ3n) is 4.68. The van der Waals surface area contributed by atoms with E-state index in [-0.39, 0.29) is 36.0 Å². The summed E-state index contributed by atoms with van der Waals surface area (Å²) in [6.07, 6.45) is 0.440. The largest absolute Gasteiger partial charge is 0.508 e. The molecule has 0 aliphatic heterocycles. The number of phenols is 1. The van der Waals surface area contributed by atoms with Crippen molar-refractivity contribution in [2.45, 2.75) is 50.9 Å². The van der Waals surface area contributed by atoms with E-state index in [0.717, 1.165) is 5.56 Å². The van der Waals surface area contributed by atoms with Crippen LogP contribution in [0.1, 0.15) is 25.8 Å². The zero-order valence-corrected chi connectivity index (χ0v) is 20.3. The Hall–Kier alpha value is -2.44. The van der Waals surface area contributed by atoms with E-state index in [1.807, 2.05) is 13.8 Å². The van der Waals surface area contributed by atoms with Gasteiger partial charge >= 0.3 is 5.97 Å². The molecule has 1 aromatic rings. The number of rotatable bonds is 13. The lowest BCUT2D eigenvalue weighted by molar-refractivity contribution is -0.141. The minimum Gasteiger partial charge on any atom is -0.508 e. The van der Waals surface area contributed by atoms with Crippen LogP contribution >= 0.6 is 25.3 Å². The van der Waals surface area contributed by atoms with Crippen LogP contribution in [-0.4, -0.2) is 69.6 Å². The molecule has 1 aromatic carbocycles. The highest BCUT2D eigenvalue weighted by atomic mass is 32.1. The Morgan fingerprint density at radius 3 is 1.85 bits per heavy atom. The number of phenolic OH excluding ortho intramolecular Hbond substituents is 1. The molecular formula is C21H32N4O6S2. The summed E-state index contributed by atoms with van der Waals surface area (Å²) in [6, 6.07) is 2.00. The summed E-state index contributed by atoms with van der Waals surface area (Å²) in [4.78, 5) is 49.0. The predicted octanol–water partition coefficient (Wildman–Crippen LogP) is -0.293. The number of carboxylic acids is 1. The molecule has 1 rings (SSSR count). The normalized spacial score (nSPS) is 14.6. The van der Waals surface area contributed by atoms with E-state index in [0.29, 0.717) is 0 Å². The van der Waals surface area contributed by atoms with Crippen molar-refractivity contribution in [1.82, 2.24) is 16.0 Å². The third-order valence-corrected chi connectivity index (χ3v) is 5.41. The molecule has 0 fully saturated rings. The summed E-state index contributed by atoms with van der Waals surface area (Å²) < 4.78 is 0. The van der Waals surface area contributed by atoms with E-state index in [9.17, 15) is 24.3 Å². The van der Waals surface area contributed by atoms with Gasteiger partial charge in [0.1, 0.15) is 23.9 Å². The number of nitrogens with one attached hydrogen (secondary N) is 3. The maximum Gasteiger partial charge on any atom is 0.327 e. The first-order chi connectivity index (χ1) is 15.5. The van der Waals surface area contributed by atoms with Crippen molar-refractivity contribution in [2.75, 3.05) is 11.5 Å². The fourth-order valence-corrected chi connectivity index (χ4v) is 3.39. The van der Waals surface area contributed by atoms with Crippen LogP contribution in [0.25, 0.3) is 0 Å². The number of nitrogens with two attached hydrogens (primary N) is 1. The Kier molecular flexibility index (Phi) is 12.1. The number of aliphatic carboxylic acids is 1. The zero-order valence-electron chi connectivity index (χ0n) is 18.5. The first-order valence-electron chi connectivity index (χ1n) is 10.4. The SMILES string of the molecule is CC(C)CC(NC(=O)C(CS)NC(=O)C(N)Cc1ccc(O)cc1)C(=O)NC(CS)C(=O)O. The monoisotopic (exact) mass is 500 g/mol. The molecule has 0 spiro atoms. The van der Waals surface area contributed by atoms with Crippen LogP contribution in [0, 0.1) is 5.92 Å². The average Bonchev–Trinajstić information content (AvgIpc) is 2.75. The van der Waals surface area contributed by atoms with Crippen molar-refractivity contribution in [1.29, 1.82) is 0 Å². The van der Waals surface area contributed by atoms with Gasteiger partial charge in [-0.15, -0.1) is 0 Å². The lowest BCUT2D eigenvalue weighted by atomic mass is 10.0. The van der Waals surface area contributed by atoms with Crippen LogP contribution in [0.5, 0.6) is 5.75 Å². The van der Waals surface area contributed by atoms with Crippen molar-refractivity contribution >= 4 is 48.9 Å². The molecule has 33 heavy (non-hydrogen) atoms. The van der Waals surface area contributed by atoms with Gasteiger partial charge in [0.25, 0.3) is 0 Å². The maximum absolute atomic E-state index is 12.8. The predicted molar refractivity (Wildman–Crippen MR) is 130 cm³/mol. The standard InChI is InChI=1S/C21H32N4O6S2/c1-11(2)7-15(19(28)25-17(10-33)21(30)31)23-20(29)16(9-32)24-18(27)14(22)8-12-3-5-13(26)6-4-12/h3-6,11,14-17,26,32-33H,7-10,22H2,1-2H3,(H,23,29)(H,24,27)(H,25,28)(H,30,31). The number of thiol groups is 2. The number of hydrogen-bond donors (Lipinski definition) is 8. The molecule has 3 amide bonds. The van der Waals surface area contributed by atoms with Gasteiger partial charge in [-0.1, -0.05) is 26.0 Å². The summed E-state index contributed by atoms with van der Waals surface area (Å²) in [7, 11) is 0. The van der Waals surface area contributed by atoms with Crippen molar-refractivity contribution in [2.24, 2.45) is 11.7 Å². The number of carboxylic acid groups (broad SMARTS) is 1. The highest BCUT2D eigenvalue weighted by Crippen LogP contribution is 2.11. The van der Waals surface area contributed by atoms with Crippen LogP contribution in [0.3, 0.4) is 0 Å². The second kappa shape index (κ2) is 14.0. The van der Waals surface area contributed by atoms with Gasteiger partial charge in [-0.05, 0) is 36.5 Å². The van der Waals surface area contributed by atoms with Crippen LogP contribution in [-0.2, 0) is 25.6 Å². The van der Waals surface area contributed by atoms with E-state index < -0.39 is 47.9 Å². The third kappa shape index (κ3) is 9.93. The molecule has 7 N–H and O–H groups in total. The van der Waals surface area contributed by atoms with Gasteiger partial charge < -0.3 is 31.9 Å². The van der Waals surface area contributed by atoms with Crippen molar-refractivity contribution in [3.05, 3.63) is 29.8 Å². The van der Waals surface area contributed by atoms with Gasteiger partial charge in [-0.2, -0.15) is 25.3 Å². The van der Waals surface area contributed by atoms with Gasteiger partial charge in [0.15, 0.2) is 0 Å². The average molecular weight is 501 g/mol. The van der Waals surface area contributed by atoms with E-state index in [4.69, 9.17) is 10.8 Å². The second-order valence-corrected chi connectivity index (χ2v) is 8.72. The van der Waals surface area contributed by atoms with E-state index in [1.165, 1.54) is 12.1 Å². The fraction of sp³-hybridized carbons (Fsp3) is 0.524. The highest BCUT2D eigenvalue weighted by Gasteiger charge is 2.30. The number of aromatic hydroxyl groups is 1. The van der Waals surface area contributed by atoms with Crippen LogP contribution in [0.15, 0.2) is 24.3 Å². The summed E-state index contributed by atoms with van der Waals surface area (Å²) in [5, 5.41) is 25.9. The minimum absolute atomic E-state index is 0.0168. The topological polar surface area (TPSA) is 171 Å². The van der Waals surface area contributed by atoms with E-state index >= 15 is 0 Å². The van der Waals surface area contributed by atoms with Crippen LogP contribution in [0.2, 0.25) is 0 Å². The Labute approximate surface area is 203 Å². The first kappa shape index (κ1) is 28.6. The lowest BCUT2D eigenvalue weighted by Crippen LogP contribution is -2.58. The summed E-state index contributed by atoms with van der Waals surface area (Å²) in [6.45, 7) is 3.69. The molecule has 0 saturated heterocycles. The molecule has 0 radical (unpaired) electrons. The molecule has 4 unspecified atom stereocenters. The Morgan fingerprint density at radius 2 is 1.36 bits per heavy atom. The molecule has 10 nitrogen and oxygen atoms in total. The van der Waals surface area contributed by atoms with Gasteiger partial charge in [0.05, 0.1) is 6.04 Å². The molecule has 4 atom stereocenters. The molecule has 0 bridgehead atoms. The Morgan fingerprint density at radius 1 is 0.879 bits per heavy atom. The van der Waals surface area contributed by atoms with E-state index in [2.05, 4.69) is 41.2 Å². The second-order valence-electron chi connectivity index (χ2n) is 7.99. The molecule has 0 aliphatic rings. The quantitative estimate of drug-likeness (QED) is 0.172. The molecule has 184 valence electrons. The van der Waals surface area contributed by atoms with Gasteiger partial charge in [-0.3, -0.25) is 14.4 Å². The fourth-order valence-electron chi connectivity index (χ4n) is 2.88. The lowest BCUT2D eigenvalue weighted by Gasteiger charge is -2.25. The first-order valence-corrected chi connectivity index (χ1v) is 11.6. The molecular weight excluding hydrogens is 468 g/mol. The number of benzene rings is 1. The Balaban J connectivity index is 2.80. The molecule has 0 heterocycles. The molecule has 12 heteroatoms. The van der Waals surface area contributed by atoms with Crippen LogP contribution < -0.4 is 21.7 Å². The van der Waals surface area contributed by atoms with Gasteiger partial charge in [0.2, 0.25) is 17.7 Å². The van der Waals surface area contributed by atoms with Crippen molar-refractivity contribution < 1.29 is 29.4 Å². The summed E-state index contributed by atoms with van der Waals surface area (Å²) in [5.41, 5.74) is 6.68. The highest BCUT2D eigenvalue weighted by molar-refractivity contribution is 7.80. The number of carbonyl (C=O) groups is 4. The zero-order chi connectivity index (χ0) is 25.1. The molecule has 0 saturated carbocycles. The molecule has 0 aromatic heterocycles. The van der Waals surface area contributed by atoms with Crippen molar-refractivity contribution in [3.63, 3.8) is 0 Å². The smallest absolute Gasteiger partial charge is 0.327 e. The number of carbonyl (C=O) groups excluding carboxylic acids is 3. The van der Waals surface area contributed by atoms with E-state index in [1.54, 1.807) is 12.1 Å². The summed E-state index contributed by atoms with van der Waals surface area (Å²) in [5.74, 6) is -3.18. The van der Waals surface area contributed by atoms with Gasteiger partial charge in [-0.25, -0.2) is 4.79 Å².